The standard InChI is InChI=1S/C25H30N4O3S/c1-2-31-23-6-3-20(4-7-23)21-5-8-24(27-15-21)29-13-10-19(11-14-29)9-12-26-25(30)32-16-22-17-33-18-28-22/h3-8,15,17-19H,2,9-14,16H2,1H3,(H,26,30). The maximum atomic E-state index is 11.8. The number of nitrogens with zero attached hydrogens (tertiary/aromatic N) is 3. The third kappa shape index (κ3) is 6.68. The van der Waals surface area contributed by atoms with Gasteiger partial charge in [0.1, 0.15) is 18.2 Å². The third-order valence-corrected chi connectivity index (χ3v) is 6.48. The summed E-state index contributed by atoms with van der Waals surface area (Å²) in [5.74, 6) is 2.51. The first-order valence-electron chi connectivity index (χ1n) is 11.4. The Kier molecular flexibility index (Phi) is 8.14. The second-order valence-electron chi connectivity index (χ2n) is 8.06. The maximum absolute atomic E-state index is 11.8. The molecule has 0 saturated carbocycles. The van der Waals surface area contributed by atoms with E-state index in [0.717, 1.165) is 60.7 Å². The largest absolute Gasteiger partial charge is 0.494 e. The molecule has 0 unspecified atom stereocenters. The van der Waals surface area contributed by atoms with Crippen molar-refractivity contribution in [1.82, 2.24) is 15.3 Å². The van der Waals surface area contributed by atoms with E-state index < -0.39 is 0 Å². The molecule has 174 valence electrons. The molecule has 1 fully saturated rings. The van der Waals surface area contributed by atoms with Gasteiger partial charge in [-0.15, -0.1) is 11.3 Å². The van der Waals surface area contributed by atoms with Crippen molar-refractivity contribution in [1.29, 1.82) is 0 Å². The number of carbonyl (C=O) groups is 1. The van der Waals surface area contributed by atoms with E-state index in [9.17, 15) is 4.79 Å². The van der Waals surface area contributed by atoms with Crippen LogP contribution in [-0.2, 0) is 11.3 Å². The first-order valence-corrected chi connectivity index (χ1v) is 12.4. The van der Waals surface area contributed by atoms with Crippen LogP contribution in [0, 0.1) is 5.92 Å². The van der Waals surface area contributed by atoms with Crippen molar-refractivity contribution in [2.24, 2.45) is 5.92 Å². The number of pyridine rings is 1. The first-order chi connectivity index (χ1) is 16.2. The van der Waals surface area contributed by atoms with E-state index in [1.807, 2.05) is 30.6 Å². The molecule has 0 atom stereocenters. The molecule has 1 aliphatic heterocycles. The van der Waals surface area contributed by atoms with Gasteiger partial charge in [-0.25, -0.2) is 14.8 Å². The summed E-state index contributed by atoms with van der Waals surface area (Å²) in [5, 5.41) is 4.73. The average molecular weight is 467 g/mol. The molecule has 3 heterocycles. The van der Waals surface area contributed by atoms with Crippen LogP contribution in [0.1, 0.15) is 31.9 Å². The smallest absolute Gasteiger partial charge is 0.407 e. The zero-order valence-electron chi connectivity index (χ0n) is 18.9. The van der Waals surface area contributed by atoms with E-state index in [-0.39, 0.29) is 12.7 Å². The number of aromatic nitrogens is 2. The van der Waals surface area contributed by atoms with Crippen molar-refractivity contribution in [2.75, 3.05) is 31.1 Å². The fraction of sp³-hybridized carbons (Fsp3) is 0.400. The Bertz CT molecular complexity index is 986. The lowest BCUT2D eigenvalue weighted by Crippen LogP contribution is -2.35. The average Bonchev–Trinajstić information content (AvgIpc) is 3.38. The molecule has 1 amide bonds. The third-order valence-electron chi connectivity index (χ3n) is 5.84. The predicted molar refractivity (Wildman–Crippen MR) is 131 cm³/mol. The topological polar surface area (TPSA) is 76.6 Å². The number of amides is 1. The normalized spacial score (nSPS) is 14.2. The second kappa shape index (κ2) is 11.7. The predicted octanol–water partition coefficient (Wildman–Crippen LogP) is 5.14. The quantitative estimate of drug-likeness (QED) is 0.471. The van der Waals surface area contributed by atoms with Crippen LogP contribution in [0.4, 0.5) is 10.6 Å². The van der Waals surface area contributed by atoms with Crippen LogP contribution in [0.5, 0.6) is 5.75 Å². The van der Waals surface area contributed by atoms with Crippen LogP contribution in [0.25, 0.3) is 11.1 Å². The summed E-state index contributed by atoms with van der Waals surface area (Å²) in [6.45, 7) is 5.47. The van der Waals surface area contributed by atoms with Gasteiger partial charge in [0.15, 0.2) is 0 Å². The zero-order chi connectivity index (χ0) is 22.9. The second-order valence-corrected chi connectivity index (χ2v) is 8.78. The molecule has 8 heteroatoms. The van der Waals surface area contributed by atoms with Gasteiger partial charge < -0.3 is 19.7 Å². The Labute approximate surface area is 198 Å². The SMILES string of the molecule is CCOc1ccc(-c2ccc(N3CCC(CCNC(=O)OCc4cscn4)CC3)nc2)cc1. The van der Waals surface area contributed by atoms with E-state index in [1.54, 1.807) is 5.51 Å². The minimum absolute atomic E-state index is 0.220. The molecule has 1 aliphatic rings. The lowest BCUT2D eigenvalue weighted by Gasteiger charge is -2.33. The number of anilines is 1. The Balaban J connectivity index is 1.17. The summed E-state index contributed by atoms with van der Waals surface area (Å²) in [5.41, 5.74) is 4.75. The maximum Gasteiger partial charge on any atom is 0.407 e. The Morgan fingerprint density at radius 2 is 1.91 bits per heavy atom. The highest BCUT2D eigenvalue weighted by atomic mass is 32.1. The van der Waals surface area contributed by atoms with Crippen LogP contribution in [0.2, 0.25) is 0 Å². The van der Waals surface area contributed by atoms with E-state index in [1.165, 1.54) is 11.3 Å². The molecule has 0 spiro atoms. The number of benzene rings is 1. The number of carbonyl (C=O) groups excluding carboxylic acids is 1. The number of ether oxygens (including phenoxy) is 2. The monoisotopic (exact) mass is 466 g/mol. The number of alkyl carbamates (subject to hydrolysis) is 1. The molecular weight excluding hydrogens is 436 g/mol. The van der Waals surface area contributed by atoms with Gasteiger partial charge in [0.25, 0.3) is 0 Å². The van der Waals surface area contributed by atoms with Crippen LogP contribution in [0.15, 0.2) is 53.5 Å². The Morgan fingerprint density at radius 3 is 2.58 bits per heavy atom. The van der Waals surface area contributed by atoms with E-state index >= 15 is 0 Å². The number of hydrogen-bond acceptors (Lipinski definition) is 7. The van der Waals surface area contributed by atoms with Gasteiger partial charge >= 0.3 is 6.09 Å². The zero-order valence-corrected chi connectivity index (χ0v) is 19.7. The summed E-state index contributed by atoms with van der Waals surface area (Å²) in [6, 6.07) is 12.4. The summed E-state index contributed by atoms with van der Waals surface area (Å²) in [6.07, 6.45) is 4.72. The molecule has 1 N–H and O–H groups in total. The molecule has 4 rings (SSSR count). The highest BCUT2D eigenvalue weighted by molar-refractivity contribution is 7.07. The van der Waals surface area contributed by atoms with Crippen LogP contribution < -0.4 is 15.0 Å². The molecule has 3 aromatic rings. The highest BCUT2D eigenvalue weighted by Crippen LogP contribution is 2.26. The molecule has 0 bridgehead atoms. The van der Waals surface area contributed by atoms with E-state index in [2.05, 4.69) is 39.5 Å². The number of hydrogen-bond donors (Lipinski definition) is 1. The molecule has 1 saturated heterocycles. The number of thiazole rings is 1. The fourth-order valence-corrected chi connectivity index (χ4v) is 4.53. The van der Waals surface area contributed by atoms with Gasteiger partial charge in [-0.2, -0.15) is 0 Å². The molecular formula is C25H30N4O3S. The minimum atomic E-state index is -0.378. The lowest BCUT2D eigenvalue weighted by atomic mass is 9.93. The van der Waals surface area contributed by atoms with Gasteiger partial charge in [0.05, 0.1) is 17.8 Å². The number of nitrogens with one attached hydrogen (secondary N) is 1. The molecule has 0 aliphatic carbocycles. The van der Waals surface area contributed by atoms with Crippen molar-refractivity contribution >= 4 is 23.2 Å². The van der Waals surface area contributed by atoms with Gasteiger partial charge in [-0.05, 0) is 61.9 Å². The Morgan fingerprint density at radius 1 is 1.12 bits per heavy atom. The van der Waals surface area contributed by atoms with Gasteiger partial charge in [-0.3, -0.25) is 0 Å². The van der Waals surface area contributed by atoms with Gasteiger partial charge in [-0.1, -0.05) is 12.1 Å². The molecule has 2 aromatic heterocycles. The van der Waals surface area contributed by atoms with Crippen LogP contribution in [0.3, 0.4) is 0 Å². The van der Waals surface area contributed by atoms with E-state index in [0.29, 0.717) is 19.1 Å². The molecule has 0 radical (unpaired) electrons. The summed E-state index contributed by atoms with van der Waals surface area (Å²) in [4.78, 5) is 23.0. The van der Waals surface area contributed by atoms with Crippen molar-refractivity contribution in [3.8, 4) is 16.9 Å². The molecule has 33 heavy (non-hydrogen) atoms. The first kappa shape index (κ1) is 23.0. The van der Waals surface area contributed by atoms with E-state index in [4.69, 9.17) is 14.5 Å². The van der Waals surface area contributed by atoms with Crippen molar-refractivity contribution in [3.63, 3.8) is 0 Å². The number of rotatable bonds is 9. The fourth-order valence-electron chi connectivity index (χ4n) is 3.98. The molecule has 7 nitrogen and oxygen atoms in total. The summed E-state index contributed by atoms with van der Waals surface area (Å²) >= 11 is 1.49. The highest BCUT2D eigenvalue weighted by Gasteiger charge is 2.20. The summed E-state index contributed by atoms with van der Waals surface area (Å²) < 4.78 is 10.7. The van der Waals surface area contributed by atoms with Gasteiger partial charge in [0.2, 0.25) is 0 Å². The van der Waals surface area contributed by atoms with Crippen molar-refractivity contribution < 1.29 is 14.3 Å². The minimum Gasteiger partial charge on any atom is -0.494 e. The van der Waals surface area contributed by atoms with Crippen molar-refractivity contribution in [2.45, 2.75) is 32.8 Å². The van der Waals surface area contributed by atoms with Gasteiger partial charge in [0, 0.05) is 36.8 Å². The van der Waals surface area contributed by atoms with Crippen LogP contribution in [-0.4, -0.2) is 42.3 Å². The number of piperidine rings is 1. The molecule has 1 aromatic carbocycles. The van der Waals surface area contributed by atoms with Crippen molar-refractivity contribution in [3.05, 3.63) is 59.2 Å². The lowest BCUT2D eigenvalue weighted by molar-refractivity contribution is 0.137. The summed E-state index contributed by atoms with van der Waals surface area (Å²) in [7, 11) is 0. The van der Waals surface area contributed by atoms with Crippen LogP contribution >= 0.6 is 11.3 Å². The Hall–Kier alpha value is -3.13.